The molecule has 24 heavy (non-hydrogen) atoms. The highest BCUT2D eigenvalue weighted by molar-refractivity contribution is 7.92. The van der Waals surface area contributed by atoms with Crippen LogP contribution in [0.1, 0.15) is 28.9 Å². The van der Waals surface area contributed by atoms with Gasteiger partial charge in [0, 0.05) is 11.3 Å². The summed E-state index contributed by atoms with van der Waals surface area (Å²) in [7, 11) is -3.36. The quantitative estimate of drug-likeness (QED) is 0.818. The number of benzene rings is 2. The molecule has 2 aromatic rings. The molecular formula is C16H16Cl2N2O3S. The van der Waals surface area contributed by atoms with E-state index in [1.807, 2.05) is 0 Å². The SMILES string of the molecule is CC(NC(=O)c1ccc(Cl)c(Cl)c1)c1cccc(NS(C)(=O)=O)c1. The molecule has 0 fully saturated rings. The number of hydrogen-bond acceptors (Lipinski definition) is 3. The van der Waals surface area contributed by atoms with Gasteiger partial charge in [-0.25, -0.2) is 8.42 Å². The number of anilines is 1. The minimum atomic E-state index is -3.36. The summed E-state index contributed by atoms with van der Waals surface area (Å²) in [6.07, 6.45) is 1.08. The predicted molar refractivity (Wildman–Crippen MR) is 97.3 cm³/mol. The van der Waals surface area contributed by atoms with Crippen LogP contribution < -0.4 is 10.0 Å². The molecule has 2 N–H and O–H groups in total. The van der Waals surface area contributed by atoms with Crippen molar-refractivity contribution in [3.05, 3.63) is 63.6 Å². The molecule has 0 aliphatic carbocycles. The number of amides is 1. The van der Waals surface area contributed by atoms with E-state index in [0.29, 0.717) is 21.3 Å². The molecule has 0 aliphatic rings. The topological polar surface area (TPSA) is 75.3 Å². The van der Waals surface area contributed by atoms with E-state index in [9.17, 15) is 13.2 Å². The fourth-order valence-corrected chi connectivity index (χ4v) is 2.94. The first kappa shape index (κ1) is 18.6. The molecule has 0 aromatic heterocycles. The second kappa shape index (κ2) is 7.42. The highest BCUT2D eigenvalue weighted by atomic mass is 35.5. The van der Waals surface area contributed by atoms with Gasteiger partial charge in [-0.3, -0.25) is 9.52 Å². The van der Waals surface area contributed by atoms with Gasteiger partial charge in [-0.05, 0) is 42.8 Å². The van der Waals surface area contributed by atoms with Gasteiger partial charge in [0.2, 0.25) is 10.0 Å². The second-order valence-electron chi connectivity index (χ2n) is 5.32. The number of carbonyl (C=O) groups excluding carboxylic acids is 1. The Morgan fingerprint density at radius 1 is 1.08 bits per heavy atom. The van der Waals surface area contributed by atoms with Gasteiger partial charge >= 0.3 is 0 Å². The van der Waals surface area contributed by atoms with Crippen LogP contribution in [0.15, 0.2) is 42.5 Å². The van der Waals surface area contributed by atoms with Gasteiger partial charge in [0.1, 0.15) is 0 Å². The summed E-state index contributed by atoms with van der Waals surface area (Å²) >= 11 is 11.8. The van der Waals surface area contributed by atoms with E-state index in [2.05, 4.69) is 10.0 Å². The molecular weight excluding hydrogens is 371 g/mol. The van der Waals surface area contributed by atoms with E-state index in [0.717, 1.165) is 11.8 Å². The molecule has 0 saturated heterocycles. The average molecular weight is 387 g/mol. The first-order chi connectivity index (χ1) is 11.2. The lowest BCUT2D eigenvalue weighted by atomic mass is 10.1. The Morgan fingerprint density at radius 3 is 2.42 bits per heavy atom. The van der Waals surface area contributed by atoms with Crippen molar-refractivity contribution in [2.45, 2.75) is 13.0 Å². The molecule has 5 nitrogen and oxygen atoms in total. The Labute approximate surface area is 151 Å². The summed E-state index contributed by atoms with van der Waals surface area (Å²) in [5.41, 5.74) is 1.59. The lowest BCUT2D eigenvalue weighted by Crippen LogP contribution is -2.26. The highest BCUT2D eigenvalue weighted by Gasteiger charge is 2.13. The van der Waals surface area contributed by atoms with E-state index in [-0.39, 0.29) is 11.9 Å². The second-order valence-corrected chi connectivity index (χ2v) is 7.89. The van der Waals surface area contributed by atoms with Crippen LogP contribution in [0.4, 0.5) is 5.69 Å². The molecule has 128 valence electrons. The first-order valence-corrected chi connectivity index (χ1v) is 9.64. The van der Waals surface area contributed by atoms with Crippen molar-refractivity contribution in [3.8, 4) is 0 Å². The fraction of sp³-hybridized carbons (Fsp3) is 0.188. The Bertz CT molecular complexity index is 869. The Kier molecular flexibility index (Phi) is 5.74. The summed E-state index contributed by atoms with van der Waals surface area (Å²) in [4.78, 5) is 12.3. The number of nitrogens with one attached hydrogen (secondary N) is 2. The van der Waals surface area contributed by atoms with Crippen molar-refractivity contribution in [1.82, 2.24) is 5.32 Å². The third kappa shape index (κ3) is 5.12. The molecule has 0 heterocycles. The van der Waals surface area contributed by atoms with Crippen molar-refractivity contribution >= 4 is 44.8 Å². The van der Waals surface area contributed by atoms with Crippen molar-refractivity contribution in [1.29, 1.82) is 0 Å². The zero-order chi connectivity index (χ0) is 17.9. The molecule has 0 spiro atoms. The standard InChI is InChI=1S/C16H16Cl2N2O3S/c1-10(11-4-3-5-13(8-11)20-24(2,22)23)19-16(21)12-6-7-14(17)15(18)9-12/h3-10,20H,1-2H3,(H,19,21). The molecule has 0 bridgehead atoms. The molecule has 0 saturated carbocycles. The van der Waals surface area contributed by atoms with Gasteiger partial charge in [0.25, 0.3) is 5.91 Å². The van der Waals surface area contributed by atoms with Crippen LogP contribution in [-0.2, 0) is 10.0 Å². The monoisotopic (exact) mass is 386 g/mol. The van der Waals surface area contributed by atoms with Gasteiger partial charge in [0.05, 0.1) is 22.3 Å². The lowest BCUT2D eigenvalue weighted by molar-refractivity contribution is 0.0940. The molecule has 2 aromatic carbocycles. The Hall–Kier alpha value is -1.76. The highest BCUT2D eigenvalue weighted by Crippen LogP contribution is 2.23. The van der Waals surface area contributed by atoms with E-state index >= 15 is 0 Å². The largest absolute Gasteiger partial charge is 0.346 e. The third-order valence-corrected chi connectivity index (χ3v) is 4.56. The van der Waals surface area contributed by atoms with Crippen molar-refractivity contribution in [2.24, 2.45) is 0 Å². The molecule has 1 atom stereocenters. The van der Waals surface area contributed by atoms with Gasteiger partial charge in [-0.1, -0.05) is 35.3 Å². The molecule has 1 unspecified atom stereocenters. The zero-order valence-electron chi connectivity index (χ0n) is 13.0. The maximum atomic E-state index is 12.3. The van der Waals surface area contributed by atoms with Crippen LogP contribution in [0.3, 0.4) is 0 Å². The molecule has 8 heteroatoms. The van der Waals surface area contributed by atoms with Crippen molar-refractivity contribution < 1.29 is 13.2 Å². The normalized spacial score (nSPS) is 12.5. The van der Waals surface area contributed by atoms with E-state index in [1.54, 1.807) is 43.3 Å². The minimum absolute atomic E-state index is 0.302. The molecule has 0 aliphatic heterocycles. The Morgan fingerprint density at radius 2 is 1.79 bits per heavy atom. The first-order valence-electron chi connectivity index (χ1n) is 6.99. The summed E-state index contributed by atoms with van der Waals surface area (Å²) < 4.78 is 25.0. The van der Waals surface area contributed by atoms with Crippen LogP contribution in [-0.4, -0.2) is 20.6 Å². The van der Waals surface area contributed by atoms with E-state index in [4.69, 9.17) is 23.2 Å². The number of rotatable bonds is 5. The van der Waals surface area contributed by atoms with E-state index in [1.165, 1.54) is 6.07 Å². The number of sulfonamides is 1. The van der Waals surface area contributed by atoms with Crippen LogP contribution in [0.25, 0.3) is 0 Å². The summed E-state index contributed by atoms with van der Waals surface area (Å²) in [6, 6.07) is 11.1. The van der Waals surface area contributed by atoms with Crippen LogP contribution in [0, 0.1) is 0 Å². The van der Waals surface area contributed by atoms with Gasteiger partial charge < -0.3 is 5.32 Å². The van der Waals surface area contributed by atoms with Crippen LogP contribution >= 0.6 is 23.2 Å². The molecule has 2 rings (SSSR count). The van der Waals surface area contributed by atoms with Gasteiger partial charge in [0.15, 0.2) is 0 Å². The molecule has 0 radical (unpaired) electrons. The maximum Gasteiger partial charge on any atom is 0.251 e. The lowest BCUT2D eigenvalue weighted by Gasteiger charge is -2.16. The minimum Gasteiger partial charge on any atom is -0.346 e. The summed E-state index contributed by atoms with van der Waals surface area (Å²) in [5.74, 6) is -0.303. The van der Waals surface area contributed by atoms with Gasteiger partial charge in [-0.2, -0.15) is 0 Å². The van der Waals surface area contributed by atoms with Crippen molar-refractivity contribution in [3.63, 3.8) is 0 Å². The number of carbonyl (C=O) groups is 1. The van der Waals surface area contributed by atoms with Crippen molar-refractivity contribution in [2.75, 3.05) is 11.0 Å². The third-order valence-electron chi connectivity index (χ3n) is 3.22. The predicted octanol–water partition coefficient (Wildman–Crippen LogP) is 3.86. The van der Waals surface area contributed by atoms with E-state index < -0.39 is 10.0 Å². The summed E-state index contributed by atoms with van der Waals surface area (Å²) in [5, 5.41) is 3.51. The maximum absolute atomic E-state index is 12.3. The smallest absolute Gasteiger partial charge is 0.251 e. The zero-order valence-corrected chi connectivity index (χ0v) is 15.3. The van der Waals surface area contributed by atoms with Crippen LogP contribution in [0.2, 0.25) is 10.0 Å². The number of hydrogen-bond donors (Lipinski definition) is 2. The summed E-state index contributed by atoms with van der Waals surface area (Å²) in [6.45, 7) is 1.80. The Balaban J connectivity index is 2.14. The molecule has 1 amide bonds. The fourth-order valence-electron chi connectivity index (χ4n) is 2.09. The average Bonchev–Trinajstić information content (AvgIpc) is 2.48. The van der Waals surface area contributed by atoms with Crippen LogP contribution in [0.5, 0.6) is 0 Å². The van der Waals surface area contributed by atoms with Gasteiger partial charge in [-0.15, -0.1) is 0 Å². The number of halogens is 2.